The molecule has 0 bridgehead atoms. The van der Waals surface area contributed by atoms with E-state index in [0.717, 1.165) is 25.4 Å². The van der Waals surface area contributed by atoms with Gasteiger partial charge in [0.15, 0.2) is 11.6 Å². The van der Waals surface area contributed by atoms with E-state index in [0.29, 0.717) is 44.5 Å². The van der Waals surface area contributed by atoms with Crippen molar-refractivity contribution in [3.8, 4) is 11.5 Å². The Balaban J connectivity index is 1.51. The molecule has 1 aliphatic rings. The zero-order valence-corrected chi connectivity index (χ0v) is 19.6. The van der Waals surface area contributed by atoms with Crippen LogP contribution in [0, 0.1) is 5.82 Å². The number of urea groups is 1. The van der Waals surface area contributed by atoms with E-state index < -0.39 is 57.9 Å². The van der Waals surface area contributed by atoms with E-state index in [4.69, 9.17) is 9.47 Å². The van der Waals surface area contributed by atoms with Crippen LogP contribution in [0.2, 0.25) is 0 Å². The summed E-state index contributed by atoms with van der Waals surface area (Å²) in [4.78, 5) is 20.2. The van der Waals surface area contributed by atoms with Crippen LogP contribution in [-0.4, -0.2) is 60.3 Å². The molecule has 1 fully saturated rings. The van der Waals surface area contributed by atoms with E-state index in [1.807, 2.05) is 0 Å². The van der Waals surface area contributed by atoms with Crippen LogP contribution < -0.4 is 15.4 Å². The van der Waals surface area contributed by atoms with Crippen molar-refractivity contribution in [1.29, 1.82) is 0 Å². The summed E-state index contributed by atoms with van der Waals surface area (Å²) >= 11 is 0. The molecule has 2 amide bonds. The SMILES string of the molecule is O=C(NCCCN1CCOCC1)Nc1cc(F)c(Oc2ccnc3[nH]cc(C(F)(F)F)c23)c(C(F)(F)F)c1. The van der Waals surface area contributed by atoms with Crippen LogP contribution in [0.1, 0.15) is 17.5 Å². The quantitative estimate of drug-likeness (QED) is 0.272. The number of anilines is 1. The highest BCUT2D eigenvalue weighted by atomic mass is 19.4. The second-order valence-corrected chi connectivity index (χ2v) is 8.36. The molecule has 0 atom stereocenters. The van der Waals surface area contributed by atoms with Gasteiger partial charge in [-0.2, -0.15) is 26.3 Å². The summed E-state index contributed by atoms with van der Waals surface area (Å²) in [6.07, 6.45) is -7.90. The summed E-state index contributed by atoms with van der Waals surface area (Å²) in [6, 6.07) is 1.05. The van der Waals surface area contributed by atoms with E-state index >= 15 is 0 Å². The fraction of sp³-hybridized carbons (Fsp3) is 0.391. The van der Waals surface area contributed by atoms with Gasteiger partial charge in [0.1, 0.15) is 17.0 Å². The van der Waals surface area contributed by atoms with Crippen molar-refractivity contribution in [2.24, 2.45) is 0 Å². The number of amides is 2. The molecule has 4 rings (SSSR count). The van der Waals surface area contributed by atoms with Crippen molar-refractivity contribution in [3.05, 3.63) is 47.5 Å². The number of aromatic nitrogens is 2. The molecule has 3 N–H and O–H groups in total. The molecule has 1 saturated heterocycles. The number of ether oxygens (including phenoxy) is 2. The number of pyridine rings is 1. The Morgan fingerprint density at radius 3 is 2.50 bits per heavy atom. The molecule has 206 valence electrons. The number of nitrogens with one attached hydrogen (secondary N) is 3. The van der Waals surface area contributed by atoms with Gasteiger partial charge in [-0.15, -0.1) is 0 Å². The van der Waals surface area contributed by atoms with Gasteiger partial charge in [-0.05, 0) is 25.1 Å². The molecular weight excluding hydrogens is 527 g/mol. The first-order chi connectivity index (χ1) is 17.9. The van der Waals surface area contributed by atoms with Crippen molar-refractivity contribution in [3.63, 3.8) is 0 Å². The first-order valence-corrected chi connectivity index (χ1v) is 11.4. The van der Waals surface area contributed by atoms with Gasteiger partial charge < -0.3 is 25.1 Å². The second kappa shape index (κ2) is 11.0. The Kier molecular flexibility index (Phi) is 7.97. The number of rotatable bonds is 7. The highest BCUT2D eigenvalue weighted by Crippen LogP contribution is 2.44. The number of halogens is 7. The maximum atomic E-state index is 14.9. The zero-order chi connectivity index (χ0) is 27.5. The average molecular weight is 549 g/mol. The number of fused-ring (bicyclic) bond motifs is 1. The molecule has 0 radical (unpaired) electrons. The van der Waals surface area contributed by atoms with Gasteiger partial charge in [-0.3, -0.25) is 4.90 Å². The highest BCUT2D eigenvalue weighted by molar-refractivity contribution is 5.90. The smallest absolute Gasteiger partial charge is 0.420 e. The lowest BCUT2D eigenvalue weighted by Crippen LogP contribution is -2.38. The fourth-order valence-electron chi connectivity index (χ4n) is 3.93. The number of carbonyl (C=O) groups is 1. The van der Waals surface area contributed by atoms with E-state index in [2.05, 4.69) is 25.5 Å². The molecule has 2 aromatic heterocycles. The number of H-pyrrole nitrogens is 1. The molecule has 0 spiro atoms. The van der Waals surface area contributed by atoms with E-state index in [9.17, 15) is 35.5 Å². The minimum atomic E-state index is -5.17. The highest BCUT2D eigenvalue weighted by Gasteiger charge is 2.39. The molecule has 0 aliphatic carbocycles. The summed E-state index contributed by atoms with van der Waals surface area (Å²) < 4.78 is 107. The number of nitrogens with zero attached hydrogens (tertiary/aromatic N) is 2. The normalized spacial score (nSPS) is 15.0. The van der Waals surface area contributed by atoms with Crippen LogP contribution >= 0.6 is 0 Å². The third kappa shape index (κ3) is 6.45. The van der Waals surface area contributed by atoms with E-state index in [-0.39, 0.29) is 12.2 Å². The van der Waals surface area contributed by atoms with Crippen molar-refractivity contribution >= 4 is 22.8 Å². The van der Waals surface area contributed by atoms with Crippen LogP contribution in [0.3, 0.4) is 0 Å². The number of benzene rings is 1. The minimum Gasteiger partial charge on any atom is -0.453 e. The Morgan fingerprint density at radius 1 is 1.11 bits per heavy atom. The first-order valence-electron chi connectivity index (χ1n) is 11.4. The molecular formula is C23H22F7N5O3. The van der Waals surface area contributed by atoms with E-state index in [1.54, 1.807) is 0 Å². The molecule has 38 heavy (non-hydrogen) atoms. The van der Waals surface area contributed by atoms with Crippen LogP contribution in [0.25, 0.3) is 11.0 Å². The maximum Gasteiger partial charge on any atom is 0.420 e. The molecule has 8 nitrogen and oxygen atoms in total. The molecule has 1 aliphatic heterocycles. The van der Waals surface area contributed by atoms with Crippen molar-refractivity contribution in [2.75, 3.05) is 44.7 Å². The Labute approximate surface area is 211 Å². The Bertz CT molecular complexity index is 1290. The number of morpholine rings is 1. The van der Waals surface area contributed by atoms with Gasteiger partial charge in [0.2, 0.25) is 0 Å². The van der Waals surface area contributed by atoms with Gasteiger partial charge in [0.25, 0.3) is 0 Å². The Morgan fingerprint density at radius 2 is 1.82 bits per heavy atom. The standard InChI is InChI=1S/C23H22F7N5O3/c24-16-11-13(34-21(36)32-3-1-5-35-6-8-37-9-7-35)10-14(22(25,26)27)19(16)38-17-2-4-31-20-18(17)15(12-33-20)23(28,29)30/h2,4,10-12H,1,3,5-9H2,(H,31,33)(H2,32,34,36). The average Bonchev–Trinajstić information content (AvgIpc) is 3.29. The lowest BCUT2D eigenvalue weighted by atomic mass is 10.1. The van der Waals surface area contributed by atoms with Crippen LogP contribution in [-0.2, 0) is 17.1 Å². The molecule has 1 aromatic carbocycles. The predicted molar refractivity (Wildman–Crippen MR) is 121 cm³/mol. The number of carbonyl (C=O) groups excluding carboxylic acids is 1. The number of alkyl halides is 6. The topological polar surface area (TPSA) is 91.5 Å². The lowest BCUT2D eigenvalue weighted by Gasteiger charge is -2.26. The monoisotopic (exact) mass is 549 g/mol. The van der Waals surface area contributed by atoms with Crippen molar-refractivity contribution in [2.45, 2.75) is 18.8 Å². The van der Waals surface area contributed by atoms with Crippen LogP contribution in [0.4, 0.5) is 41.2 Å². The van der Waals surface area contributed by atoms with Gasteiger partial charge in [-0.25, -0.2) is 14.2 Å². The Hall–Kier alpha value is -3.59. The minimum absolute atomic E-state index is 0.218. The summed E-state index contributed by atoms with van der Waals surface area (Å²) in [5, 5.41) is 3.96. The molecule has 15 heteroatoms. The zero-order valence-electron chi connectivity index (χ0n) is 19.6. The third-order valence-corrected chi connectivity index (χ3v) is 5.70. The maximum absolute atomic E-state index is 14.9. The predicted octanol–water partition coefficient (Wildman–Crippen LogP) is 5.38. The van der Waals surface area contributed by atoms with Crippen LogP contribution in [0.15, 0.2) is 30.6 Å². The van der Waals surface area contributed by atoms with Crippen LogP contribution in [0.5, 0.6) is 11.5 Å². The summed E-state index contributed by atoms with van der Waals surface area (Å²) in [6.45, 7) is 3.64. The molecule has 3 heterocycles. The number of hydrogen-bond acceptors (Lipinski definition) is 5. The largest absolute Gasteiger partial charge is 0.453 e. The van der Waals surface area contributed by atoms with Gasteiger partial charge in [0, 0.05) is 43.8 Å². The van der Waals surface area contributed by atoms with Crippen molar-refractivity contribution in [1.82, 2.24) is 20.2 Å². The van der Waals surface area contributed by atoms with Gasteiger partial charge >= 0.3 is 18.4 Å². The summed E-state index contributed by atoms with van der Waals surface area (Å²) in [7, 11) is 0. The van der Waals surface area contributed by atoms with Gasteiger partial charge in [-0.1, -0.05) is 0 Å². The summed E-state index contributed by atoms with van der Waals surface area (Å²) in [5.74, 6) is -3.58. The molecule has 0 saturated carbocycles. The summed E-state index contributed by atoms with van der Waals surface area (Å²) in [5.41, 5.74) is -3.71. The lowest BCUT2D eigenvalue weighted by molar-refractivity contribution is -0.139. The van der Waals surface area contributed by atoms with Crippen molar-refractivity contribution < 1.29 is 45.0 Å². The van der Waals surface area contributed by atoms with E-state index in [1.165, 1.54) is 0 Å². The van der Waals surface area contributed by atoms with Gasteiger partial charge in [0.05, 0.1) is 24.2 Å². The first kappa shape index (κ1) is 27.4. The molecule has 3 aromatic rings. The number of hydrogen-bond donors (Lipinski definition) is 3. The fourth-order valence-corrected chi connectivity index (χ4v) is 3.93. The second-order valence-electron chi connectivity index (χ2n) is 8.36. The molecule has 0 unspecified atom stereocenters. The third-order valence-electron chi connectivity index (χ3n) is 5.70. The number of aromatic amines is 1.